The molecule has 27 heavy (non-hydrogen) atoms. The molecule has 0 spiro atoms. The van der Waals surface area contributed by atoms with Gasteiger partial charge in [-0.1, -0.05) is 6.07 Å². The van der Waals surface area contributed by atoms with E-state index in [0.29, 0.717) is 0 Å². The average Bonchev–Trinajstić information content (AvgIpc) is 3.23. The molecule has 0 atom stereocenters. The Morgan fingerprint density at radius 3 is 2.81 bits per heavy atom. The van der Waals surface area contributed by atoms with E-state index in [0.717, 1.165) is 54.8 Å². The summed E-state index contributed by atoms with van der Waals surface area (Å²) in [6, 6.07) is 7.91. The van der Waals surface area contributed by atoms with Gasteiger partial charge in [-0.05, 0) is 31.0 Å². The molecule has 3 heterocycles. The highest BCUT2D eigenvalue weighted by atomic mass is 16.5. The zero-order valence-electron chi connectivity index (χ0n) is 15.4. The summed E-state index contributed by atoms with van der Waals surface area (Å²) in [6.07, 6.45) is 5.83. The van der Waals surface area contributed by atoms with Crippen LogP contribution in [0.3, 0.4) is 0 Å². The third kappa shape index (κ3) is 3.95. The summed E-state index contributed by atoms with van der Waals surface area (Å²) in [5, 5.41) is 9.49. The maximum atomic E-state index is 11.2. The van der Waals surface area contributed by atoms with Gasteiger partial charge in [0.25, 0.3) is 0 Å². The minimum absolute atomic E-state index is 0.174. The molecule has 0 radical (unpaired) electrons. The Morgan fingerprint density at radius 2 is 2.11 bits per heavy atom. The highest BCUT2D eigenvalue weighted by molar-refractivity contribution is 5.87. The Bertz CT molecular complexity index is 939. The van der Waals surface area contributed by atoms with Crippen molar-refractivity contribution < 1.29 is 9.53 Å². The Kier molecular flexibility index (Phi) is 4.81. The molecule has 8 heteroatoms. The number of piperidine rings is 1. The zero-order valence-corrected chi connectivity index (χ0v) is 15.4. The second-order valence-electron chi connectivity index (χ2n) is 7.02. The van der Waals surface area contributed by atoms with Gasteiger partial charge >= 0.3 is 0 Å². The van der Waals surface area contributed by atoms with Crippen molar-refractivity contribution in [1.82, 2.24) is 24.5 Å². The van der Waals surface area contributed by atoms with Gasteiger partial charge in [-0.25, -0.2) is 0 Å². The molecule has 0 saturated carbocycles. The predicted molar refractivity (Wildman–Crippen MR) is 101 cm³/mol. The van der Waals surface area contributed by atoms with Gasteiger partial charge in [0.05, 0.1) is 17.4 Å². The summed E-state index contributed by atoms with van der Waals surface area (Å²) in [6.45, 7) is 2.94. The van der Waals surface area contributed by atoms with E-state index in [-0.39, 0.29) is 18.6 Å². The number of amides is 1. The number of hydrogen-bond donors (Lipinski definition) is 1. The lowest BCUT2D eigenvalue weighted by Crippen LogP contribution is -2.37. The molecule has 4 rings (SSSR count). The van der Waals surface area contributed by atoms with Crippen LogP contribution in [0.2, 0.25) is 0 Å². The van der Waals surface area contributed by atoms with Crippen molar-refractivity contribution in [3.63, 3.8) is 0 Å². The number of carbonyl (C=O) groups is 1. The Morgan fingerprint density at radius 1 is 1.30 bits per heavy atom. The summed E-state index contributed by atoms with van der Waals surface area (Å²) in [7, 11) is 1.83. The minimum atomic E-state index is -0.353. The first-order valence-corrected chi connectivity index (χ1v) is 9.19. The number of rotatable bonds is 6. The summed E-state index contributed by atoms with van der Waals surface area (Å²) in [5.74, 6) is 0.511. The van der Waals surface area contributed by atoms with Crippen LogP contribution in [0, 0.1) is 0 Å². The Balaban J connectivity index is 1.39. The molecule has 2 aromatic heterocycles. The highest BCUT2D eigenvalue weighted by Gasteiger charge is 2.22. The molecule has 3 aromatic rings. The van der Waals surface area contributed by atoms with Crippen LogP contribution in [0.15, 0.2) is 36.7 Å². The highest BCUT2D eigenvalue weighted by Crippen LogP contribution is 2.29. The second kappa shape index (κ2) is 7.40. The number of benzene rings is 1. The van der Waals surface area contributed by atoms with Gasteiger partial charge in [-0.3, -0.25) is 9.69 Å². The number of ether oxygens (including phenoxy) is 1. The number of aromatic nitrogens is 4. The van der Waals surface area contributed by atoms with Crippen LogP contribution < -0.4 is 10.5 Å². The van der Waals surface area contributed by atoms with Crippen LogP contribution in [-0.4, -0.2) is 49.6 Å². The van der Waals surface area contributed by atoms with Gasteiger partial charge in [0.15, 0.2) is 0 Å². The first-order chi connectivity index (χ1) is 13.1. The van der Waals surface area contributed by atoms with E-state index in [4.69, 9.17) is 10.5 Å². The summed E-state index contributed by atoms with van der Waals surface area (Å²) in [5.41, 5.74) is 7.29. The average molecular weight is 368 g/mol. The first-order valence-electron chi connectivity index (χ1n) is 9.19. The number of hydrogen-bond acceptors (Lipinski definition) is 5. The van der Waals surface area contributed by atoms with E-state index >= 15 is 0 Å². The summed E-state index contributed by atoms with van der Waals surface area (Å²) >= 11 is 0. The maximum absolute atomic E-state index is 11.2. The molecular weight excluding hydrogens is 344 g/mol. The smallest absolute Gasteiger partial charge is 0.237 e. The molecule has 1 saturated heterocycles. The lowest BCUT2D eigenvalue weighted by atomic mass is 10.1. The normalized spacial score (nSPS) is 16.0. The van der Waals surface area contributed by atoms with Crippen molar-refractivity contribution in [2.24, 2.45) is 12.8 Å². The largest absolute Gasteiger partial charge is 0.490 e. The lowest BCUT2D eigenvalue weighted by Gasteiger charge is -2.31. The van der Waals surface area contributed by atoms with Crippen LogP contribution in [0.5, 0.6) is 5.75 Å². The second-order valence-corrected chi connectivity index (χ2v) is 7.02. The molecule has 1 amide bonds. The summed E-state index contributed by atoms with van der Waals surface area (Å²) < 4.78 is 8.16. The molecule has 1 fully saturated rings. The Labute approximate surface area is 157 Å². The molecule has 1 aromatic carbocycles. The van der Waals surface area contributed by atoms with Gasteiger partial charge in [-0.15, -0.1) is 0 Å². The fraction of sp³-hybridized carbons (Fsp3) is 0.421. The van der Waals surface area contributed by atoms with E-state index in [2.05, 4.69) is 15.1 Å². The number of carbonyl (C=O) groups excluding carboxylic acids is 1. The SMILES string of the molecule is Cn1ncc(CN2CCC(Oc3cccc4c3ccn4CC(N)=O)CC2)n1. The van der Waals surface area contributed by atoms with Crippen molar-refractivity contribution in [1.29, 1.82) is 0 Å². The molecule has 0 bridgehead atoms. The van der Waals surface area contributed by atoms with E-state index in [9.17, 15) is 4.79 Å². The number of aryl methyl sites for hydroxylation is 1. The van der Waals surface area contributed by atoms with Gasteiger partial charge in [-0.2, -0.15) is 15.0 Å². The quantitative estimate of drug-likeness (QED) is 0.708. The number of nitrogens with two attached hydrogens (primary N) is 1. The minimum Gasteiger partial charge on any atom is -0.490 e. The van der Waals surface area contributed by atoms with Crippen LogP contribution in [0.4, 0.5) is 0 Å². The molecule has 2 N–H and O–H groups in total. The number of likely N-dealkylation sites (tertiary alicyclic amines) is 1. The van der Waals surface area contributed by atoms with Crippen molar-refractivity contribution in [3.8, 4) is 5.75 Å². The molecule has 1 aliphatic rings. The number of nitrogens with zero attached hydrogens (tertiary/aromatic N) is 5. The van der Waals surface area contributed by atoms with E-state index in [1.807, 2.05) is 48.3 Å². The number of fused-ring (bicyclic) bond motifs is 1. The third-order valence-corrected chi connectivity index (χ3v) is 4.96. The Hall–Kier alpha value is -2.87. The zero-order chi connectivity index (χ0) is 18.8. The van der Waals surface area contributed by atoms with Gasteiger partial charge < -0.3 is 15.0 Å². The molecule has 142 valence electrons. The van der Waals surface area contributed by atoms with E-state index in [1.54, 1.807) is 4.80 Å². The standard InChI is InChI=1S/C19H24N6O2/c1-23-21-11-14(22-23)12-24-8-5-15(6-9-24)27-18-4-2-3-17-16(18)7-10-25(17)13-19(20)26/h2-4,7,10-11,15H,5-6,8-9,12-13H2,1H3,(H2,20,26). The van der Waals surface area contributed by atoms with Crippen molar-refractivity contribution in [2.75, 3.05) is 13.1 Å². The monoisotopic (exact) mass is 368 g/mol. The van der Waals surface area contributed by atoms with Crippen molar-refractivity contribution in [2.45, 2.75) is 32.0 Å². The fourth-order valence-electron chi connectivity index (χ4n) is 3.66. The first kappa shape index (κ1) is 17.5. The van der Waals surface area contributed by atoms with Crippen LogP contribution in [0.25, 0.3) is 10.9 Å². The van der Waals surface area contributed by atoms with Crippen LogP contribution in [0.1, 0.15) is 18.5 Å². The molecule has 8 nitrogen and oxygen atoms in total. The molecule has 1 aliphatic heterocycles. The molecule has 0 aliphatic carbocycles. The maximum Gasteiger partial charge on any atom is 0.237 e. The summed E-state index contributed by atoms with van der Waals surface area (Å²) in [4.78, 5) is 15.2. The third-order valence-electron chi connectivity index (χ3n) is 4.96. The van der Waals surface area contributed by atoms with E-state index in [1.165, 1.54) is 0 Å². The number of primary amides is 1. The topological polar surface area (TPSA) is 91.2 Å². The van der Waals surface area contributed by atoms with Crippen molar-refractivity contribution in [3.05, 3.63) is 42.4 Å². The van der Waals surface area contributed by atoms with Gasteiger partial charge in [0.1, 0.15) is 18.4 Å². The van der Waals surface area contributed by atoms with Crippen molar-refractivity contribution >= 4 is 16.8 Å². The lowest BCUT2D eigenvalue weighted by molar-refractivity contribution is -0.118. The van der Waals surface area contributed by atoms with Crippen LogP contribution >= 0.6 is 0 Å². The fourth-order valence-corrected chi connectivity index (χ4v) is 3.66. The van der Waals surface area contributed by atoms with Gasteiger partial charge in [0, 0.05) is 38.3 Å². The van der Waals surface area contributed by atoms with E-state index < -0.39 is 0 Å². The van der Waals surface area contributed by atoms with Crippen LogP contribution in [-0.2, 0) is 24.9 Å². The molecular formula is C19H24N6O2. The predicted octanol–water partition coefficient (Wildman–Crippen LogP) is 1.30. The molecule has 0 unspecified atom stereocenters. The van der Waals surface area contributed by atoms with Gasteiger partial charge in [0.2, 0.25) is 5.91 Å².